The molecule has 1 amide bonds. The first kappa shape index (κ1) is 11.2. The summed E-state index contributed by atoms with van der Waals surface area (Å²) in [7, 11) is 0. The third kappa shape index (κ3) is 1.96. The van der Waals surface area contributed by atoms with Crippen LogP contribution in [0.2, 0.25) is 0 Å². The number of fused-ring (bicyclic) bond motifs is 1. The minimum atomic E-state index is -0.838. The van der Waals surface area contributed by atoms with Gasteiger partial charge in [0.05, 0.1) is 12.6 Å². The summed E-state index contributed by atoms with van der Waals surface area (Å²) in [4.78, 5) is 13.6. The zero-order chi connectivity index (χ0) is 11.7. The lowest BCUT2D eigenvalue weighted by atomic mass is 10.0. The number of carbonyl (C=O) groups is 1. The van der Waals surface area contributed by atoms with Crippen molar-refractivity contribution < 1.29 is 19.4 Å². The van der Waals surface area contributed by atoms with Gasteiger partial charge in [0, 0.05) is 11.8 Å². The Bertz CT molecular complexity index is 343. The highest BCUT2D eigenvalue weighted by molar-refractivity contribution is 5.73. The first-order chi connectivity index (χ1) is 7.67. The first-order valence-corrected chi connectivity index (χ1v) is 4.90. The molecule has 0 aliphatic carbocycles. The zero-order valence-corrected chi connectivity index (χ0v) is 8.61. The van der Waals surface area contributed by atoms with Crippen molar-refractivity contribution in [2.75, 3.05) is 6.61 Å². The fourth-order valence-electron chi connectivity index (χ4n) is 1.91. The molecule has 5 unspecified atom stereocenters. The van der Waals surface area contributed by atoms with Crippen LogP contribution in [-0.2, 0) is 14.3 Å². The molecule has 0 aromatic heterocycles. The van der Waals surface area contributed by atoms with Gasteiger partial charge < -0.3 is 19.9 Å². The van der Waals surface area contributed by atoms with E-state index < -0.39 is 18.4 Å². The normalized spacial score (nSPS) is 40.5. The lowest BCUT2D eigenvalue weighted by Crippen LogP contribution is -2.53. The third-order valence-corrected chi connectivity index (χ3v) is 2.62. The average molecular weight is 228 g/mol. The number of aliphatic hydroxyl groups is 1. The molecule has 2 rings (SSSR count). The molecule has 0 aromatic rings. The van der Waals surface area contributed by atoms with Crippen molar-refractivity contribution in [2.24, 2.45) is 5.11 Å². The van der Waals surface area contributed by atoms with E-state index in [4.69, 9.17) is 20.1 Å². The maximum absolute atomic E-state index is 11.0. The zero-order valence-electron chi connectivity index (χ0n) is 8.61. The molecule has 16 heavy (non-hydrogen) atoms. The SMILES string of the molecule is CC(=O)NC1C(N=[N+]=[N-])OC(CO)C2OC12. The monoisotopic (exact) mass is 228 g/mol. The summed E-state index contributed by atoms with van der Waals surface area (Å²) in [6.07, 6.45) is -1.81. The van der Waals surface area contributed by atoms with Crippen LogP contribution in [0.4, 0.5) is 0 Å². The lowest BCUT2D eigenvalue weighted by Gasteiger charge is -2.30. The number of epoxide rings is 1. The van der Waals surface area contributed by atoms with E-state index in [0.29, 0.717) is 0 Å². The number of nitrogens with zero attached hydrogens (tertiary/aromatic N) is 3. The summed E-state index contributed by atoms with van der Waals surface area (Å²) in [5.41, 5.74) is 8.39. The van der Waals surface area contributed by atoms with Crippen molar-refractivity contribution in [2.45, 2.75) is 37.5 Å². The lowest BCUT2D eigenvalue weighted by molar-refractivity contribution is -0.123. The highest BCUT2D eigenvalue weighted by Gasteiger charge is 2.57. The molecule has 2 N–H and O–H groups in total. The average Bonchev–Trinajstić information content (AvgIpc) is 3.00. The second-order valence-corrected chi connectivity index (χ2v) is 3.74. The molecule has 0 aromatic carbocycles. The predicted octanol–water partition coefficient (Wildman–Crippen LogP) is -0.714. The first-order valence-electron chi connectivity index (χ1n) is 4.90. The number of azide groups is 1. The fraction of sp³-hybridized carbons (Fsp3) is 0.875. The molecular weight excluding hydrogens is 216 g/mol. The highest BCUT2D eigenvalue weighted by Crippen LogP contribution is 2.37. The van der Waals surface area contributed by atoms with E-state index in [9.17, 15) is 4.79 Å². The third-order valence-electron chi connectivity index (χ3n) is 2.62. The van der Waals surface area contributed by atoms with Crippen LogP contribution in [0.25, 0.3) is 10.4 Å². The molecule has 2 aliphatic rings. The molecule has 2 saturated heterocycles. The van der Waals surface area contributed by atoms with Gasteiger partial charge in [-0.1, -0.05) is 5.11 Å². The van der Waals surface area contributed by atoms with E-state index in [2.05, 4.69) is 15.3 Å². The summed E-state index contributed by atoms with van der Waals surface area (Å²) in [5.74, 6) is -0.247. The number of nitrogens with one attached hydrogen (secondary N) is 1. The van der Waals surface area contributed by atoms with Gasteiger partial charge in [-0.3, -0.25) is 4.79 Å². The van der Waals surface area contributed by atoms with E-state index in [-0.39, 0.29) is 24.7 Å². The number of aliphatic hydroxyl groups excluding tert-OH is 1. The molecule has 5 atom stereocenters. The van der Waals surface area contributed by atoms with E-state index in [0.717, 1.165) is 0 Å². The quantitative estimate of drug-likeness (QED) is 0.287. The standard InChI is InChI=1S/C8H12N4O4/c1-3(14)10-5-7-6(16-7)4(2-13)15-8(5)11-12-9/h4-8,13H,2H2,1H3,(H,10,14). The molecule has 0 spiro atoms. The number of ether oxygens (including phenoxy) is 2. The Morgan fingerprint density at radius 2 is 2.31 bits per heavy atom. The predicted molar refractivity (Wildman–Crippen MR) is 51.2 cm³/mol. The van der Waals surface area contributed by atoms with Gasteiger partial charge in [-0.25, -0.2) is 0 Å². The van der Waals surface area contributed by atoms with Crippen LogP contribution < -0.4 is 5.32 Å². The molecule has 0 bridgehead atoms. The topological polar surface area (TPSA) is 120 Å². The Hall–Kier alpha value is -1.34. The number of carbonyl (C=O) groups excluding carboxylic acids is 1. The minimum absolute atomic E-state index is 0.203. The van der Waals surface area contributed by atoms with Crippen LogP contribution in [0.15, 0.2) is 5.11 Å². The smallest absolute Gasteiger partial charge is 0.217 e. The summed E-state index contributed by atoms with van der Waals surface area (Å²) in [5, 5.41) is 15.1. The summed E-state index contributed by atoms with van der Waals surface area (Å²) in [6.45, 7) is 1.16. The van der Waals surface area contributed by atoms with Gasteiger partial charge >= 0.3 is 0 Å². The second kappa shape index (κ2) is 4.26. The van der Waals surface area contributed by atoms with Gasteiger partial charge in [-0.2, -0.15) is 0 Å². The number of amides is 1. The molecule has 8 nitrogen and oxygen atoms in total. The van der Waals surface area contributed by atoms with Gasteiger partial charge in [-0.15, -0.1) is 0 Å². The number of rotatable bonds is 3. The Morgan fingerprint density at radius 3 is 2.88 bits per heavy atom. The van der Waals surface area contributed by atoms with Crippen molar-refractivity contribution in [1.29, 1.82) is 0 Å². The highest BCUT2D eigenvalue weighted by atomic mass is 16.6. The van der Waals surface area contributed by atoms with Gasteiger partial charge in [0.15, 0.2) is 6.23 Å². The second-order valence-electron chi connectivity index (χ2n) is 3.74. The fourth-order valence-corrected chi connectivity index (χ4v) is 1.91. The molecule has 2 fully saturated rings. The molecule has 88 valence electrons. The van der Waals surface area contributed by atoms with Gasteiger partial charge in [0.25, 0.3) is 0 Å². The van der Waals surface area contributed by atoms with E-state index in [1.54, 1.807) is 0 Å². The van der Waals surface area contributed by atoms with Crippen LogP contribution in [0.1, 0.15) is 6.92 Å². The van der Waals surface area contributed by atoms with Gasteiger partial charge in [0.2, 0.25) is 5.91 Å². The molecule has 0 radical (unpaired) electrons. The Kier molecular flexibility index (Phi) is 2.97. The van der Waals surface area contributed by atoms with Crippen LogP contribution in [-0.4, -0.2) is 48.2 Å². The minimum Gasteiger partial charge on any atom is -0.394 e. The molecule has 2 aliphatic heterocycles. The van der Waals surface area contributed by atoms with E-state index in [1.165, 1.54) is 6.92 Å². The van der Waals surface area contributed by atoms with Crippen molar-refractivity contribution in [3.63, 3.8) is 0 Å². The maximum Gasteiger partial charge on any atom is 0.217 e. The Balaban J connectivity index is 2.10. The largest absolute Gasteiger partial charge is 0.394 e. The maximum atomic E-state index is 11.0. The van der Waals surface area contributed by atoms with Crippen molar-refractivity contribution in [3.8, 4) is 0 Å². The molecule has 2 heterocycles. The van der Waals surface area contributed by atoms with Gasteiger partial charge in [-0.05, 0) is 5.53 Å². The van der Waals surface area contributed by atoms with E-state index >= 15 is 0 Å². The van der Waals surface area contributed by atoms with Gasteiger partial charge in [0.1, 0.15) is 18.3 Å². The number of hydrogen-bond acceptors (Lipinski definition) is 5. The molecule has 8 heteroatoms. The Morgan fingerprint density at radius 1 is 1.56 bits per heavy atom. The summed E-state index contributed by atoms with van der Waals surface area (Å²) < 4.78 is 10.6. The number of hydrogen-bond donors (Lipinski definition) is 2. The van der Waals surface area contributed by atoms with Crippen LogP contribution in [0.3, 0.4) is 0 Å². The van der Waals surface area contributed by atoms with Crippen molar-refractivity contribution in [1.82, 2.24) is 5.32 Å². The van der Waals surface area contributed by atoms with Crippen molar-refractivity contribution >= 4 is 5.91 Å². The van der Waals surface area contributed by atoms with Crippen molar-refractivity contribution in [3.05, 3.63) is 10.4 Å². The van der Waals surface area contributed by atoms with Crippen LogP contribution in [0, 0.1) is 0 Å². The van der Waals surface area contributed by atoms with Crippen LogP contribution >= 0.6 is 0 Å². The van der Waals surface area contributed by atoms with Crippen LogP contribution in [0.5, 0.6) is 0 Å². The van der Waals surface area contributed by atoms with E-state index in [1.807, 2.05) is 0 Å². The Labute approximate surface area is 91.1 Å². The summed E-state index contributed by atoms with van der Waals surface area (Å²) >= 11 is 0. The molecular formula is C8H12N4O4. The molecule has 0 saturated carbocycles. The summed E-state index contributed by atoms with van der Waals surface area (Å²) in [6, 6.07) is -0.485.